The van der Waals surface area contributed by atoms with Crippen LogP contribution in [0.25, 0.3) is 0 Å². The standard InChI is InChI=1S/C15H23NO2/c1-17-15-6-2-4-14(10-15)12-18-9-7-13-5-3-8-16-11-13/h2,4,6,10,13,16H,3,5,7-9,11-12H2,1H3/t13-/m1/s1. The lowest BCUT2D eigenvalue weighted by Gasteiger charge is -2.22. The maximum Gasteiger partial charge on any atom is 0.119 e. The third-order valence-electron chi connectivity index (χ3n) is 3.47. The van der Waals surface area contributed by atoms with E-state index in [-0.39, 0.29) is 0 Å². The monoisotopic (exact) mass is 249 g/mol. The lowest BCUT2D eigenvalue weighted by Crippen LogP contribution is -2.30. The molecule has 18 heavy (non-hydrogen) atoms. The Bertz CT molecular complexity index is 348. The van der Waals surface area contributed by atoms with Crippen molar-refractivity contribution in [1.29, 1.82) is 0 Å². The Morgan fingerprint density at radius 2 is 2.33 bits per heavy atom. The molecule has 3 heteroatoms. The summed E-state index contributed by atoms with van der Waals surface area (Å²) >= 11 is 0. The molecule has 1 heterocycles. The van der Waals surface area contributed by atoms with Gasteiger partial charge >= 0.3 is 0 Å². The van der Waals surface area contributed by atoms with E-state index in [2.05, 4.69) is 11.4 Å². The molecule has 1 saturated heterocycles. The zero-order valence-corrected chi connectivity index (χ0v) is 11.2. The Balaban J connectivity index is 1.65. The second-order valence-corrected chi connectivity index (χ2v) is 4.91. The van der Waals surface area contributed by atoms with Crippen molar-refractivity contribution in [3.8, 4) is 5.75 Å². The van der Waals surface area contributed by atoms with Crippen LogP contribution < -0.4 is 10.1 Å². The summed E-state index contributed by atoms with van der Waals surface area (Å²) in [7, 11) is 1.69. The summed E-state index contributed by atoms with van der Waals surface area (Å²) in [4.78, 5) is 0. The second kappa shape index (κ2) is 7.39. The van der Waals surface area contributed by atoms with Gasteiger partial charge in [-0.05, 0) is 56.0 Å². The summed E-state index contributed by atoms with van der Waals surface area (Å²) in [6.07, 6.45) is 3.81. The fourth-order valence-corrected chi connectivity index (χ4v) is 2.37. The predicted molar refractivity (Wildman–Crippen MR) is 72.9 cm³/mol. The smallest absolute Gasteiger partial charge is 0.119 e. The highest BCUT2D eigenvalue weighted by Crippen LogP contribution is 2.16. The number of methoxy groups -OCH3 is 1. The molecule has 1 atom stereocenters. The number of benzene rings is 1. The molecule has 0 saturated carbocycles. The number of piperidine rings is 1. The zero-order chi connectivity index (χ0) is 12.6. The lowest BCUT2D eigenvalue weighted by atomic mass is 9.97. The molecule has 2 rings (SSSR count). The molecular formula is C15H23NO2. The number of rotatable bonds is 6. The molecule has 0 bridgehead atoms. The molecule has 1 fully saturated rings. The Hall–Kier alpha value is -1.06. The summed E-state index contributed by atoms with van der Waals surface area (Å²) in [5.74, 6) is 1.69. The quantitative estimate of drug-likeness (QED) is 0.786. The fourth-order valence-electron chi connectivity index (χ4n) is 2.37. The van der Waals surface area contributed by atoms with Crippen molar-refractivity contribution in [3.05, 3.63) is 29.8 Å². The molecule has 0 amide bonds. The first-order valence-corrected chi connectivity index (χ1v) is 6.80. The maximum absolute atomic E-state index is 5.74. The molecule has 0 aliphatic carbocycles. The van der Waals surface area contributed by atoms with E-state index >= 15 is 0 Å². The normalized spacial score (nSPS) is 19.7. The molecule has 1 aliphatic rings. The van der Waals surface area contributed by atoms with Gasteiger partial charge in [0.2, 0.25) is 0 Å². The molecular weight excluding hydrogens is 226 g/mol. The highest BCUT2D eigenvalue weighted by atomic mass is 16.5. The molecule has 0 aromatic heterocycles. The minimum absolute atomic E-state index is 0.678. The van der Waals surface area contributed by atoms with E-state index in [0.29, 0.717) is 6.61 Å². The minimum atomic E-state index is 0.678. The zero-order valence-electron chi connectivity index (χ0n) is 11.2. The third-order valence-corrected chi connectivity index (χ3v) is 3.47. The minimum Gasteiger partial charge on any atom is -0.497 e. The third kappa shape index (κ3) is 4.31. The predicted octanol–water partition coefficient (Wildman–Crippen LogP) is 2.60. The second-order valence-electron chi connectivity index (χ2n) is 4.91. The summed E-state index contributed by atoms with van der Waals surface area (Å²) in [6, 6.07) is 8.06. The topological polar surface area (TPSA) is 30.5 Å². The van der Waals surface area contributed by atoms with Crippen LogP contribution in [0.3, 0.4) is 0 Å². The van der Waals surface area contributed by atoms with Gasteiger partial charge in [-0.3, -0.25) is 0 Å². The summed E-state index contributed by atoms with van der Waals surface area (Å²) < 4.78 is 10.9. The molecule has 0 spiro atoms. The molecule has 0 radical (unpaired) electrons. The van der Waals surface area contributed by atoms with Gasteiger partial charge in [-0.15, -0.1) is 0 Å². The van der Waals surface area contributed by atoms with Crippen LogP contribution in [0.15, 0.2) is 24.3 Å². The Morgan fingerprint density at radius 1 is 1.39 bits per heavy atom. The summed E-state index contributed by atoms with van der Waals surface area (Å²) in [5.41, 5.74) is 1.18. The molecule has 1 aromatic carbocycles. The SMILES string of the molecule is COc1cccc(COCC[C@H]2CCCNC2)c1. The Kier molecular flexibility index (Phi) is 5.49. The van der Waals surface area contributed by atoms with Gasteiger partial charge in [-0.25, -0.2) is 0 Å². The van der Waals surface area contributed by atoms with E-state index in [1.165, 1.54) is 24.9 Å². The molecule has 1 aliphatic heterocycles. The van der Waals surface area contributed by atoms with Crippen LogP contribution >= 0.6 is 0 Å². The van der Waals surface area contributed by atoms with Gasteiger partial charge in [-0.2, -0.15) is 0 Å². The fraction of sp³-hybridized carbons (Fsp3) is 0.600. The van der Waals surface area contributed by atoms with Crippen LogP contribution in [0.1, 0.15) is 24.8 Å². The molecule has 1 aromatic rings. The average molecular weight is 249 g/mol. The van der Waals surface area contributed by atoms with Crippen LogP contribution in [0, 0.1) is 5.92 Å². The highest BCUT2D eigenvalue weighted by Gasteiger charge is 2.12. The van der Waals surface area contributed by atoms with Crippen molar-refractivity contribution in [2.45, 2.75) is 25.9 Å². The Morgan fingerprint density at radius 3 is 3.11 bits per heavy atom. The summed E-state index contributed by atoms with van der Waals surface area (Å²) in [5, 5.41) is 3.44. The van der Waals surface area contributed by atoms with Crippen LogP contribution in [0.5, 0.6) is 5.75 Å². The number of hydrogen-bond donors (Lipinski definition) is 1. The Labute approximate surface area is 109 Å². The van der Waals surface area contributed by atoms with Crippen LogP contribution in [-0.2, 0) is 11.3 Å². The van der Waals surface area contributed by atoms with Gasteiger partial charge in [0.05, 0.1) is 13.7 Å². The molecule has 100 valence electrons. The van der Waals surface area contributed by atoms with Gasteiger partial charge in [0.25, 0.3) is 0 Å². The first-order chi connectivity index (χ1) is 8.88. The van der Waals surface area contributed by atoms with Crippen LogP contribution in [0.4, 0.5) is 0 Å². The maximum atomic E-state index is 5.74. The van der Waals surface area contributed by atoms with E-state index in [4.69, 9.17) is 9.47 Å². The van der Waals surface area contributed by atoms with Crippen molar-refractivity contribution < 1.29 is 9.47 Å². The average Bonchev–Trinajstić information content (AvgIpc) is 2.45. The van der Waals surface area contributed by atoms with Gasteiger partial charge in [0, 0.05) is 6.61 Å². The van der Waals surface area contributed by atoms with E-state index in [1.807, 2.05) is 18.2 Å². The first-order valence-electron chi connectivity index (χ1n) is 6.80. The van der Waals surface area contributed by atoms with Crippen molar-refractivity contribution in [2.24, 2.45) is 5.92 Å². The van der Waals surface area contributed by atoms with E-state index in [0.717, 1.165) is 31.2 Å². The van der Waals surface area contributed by atoms with Crippen molar-refractivity contribution in [2.75, 3.05) is 26.8 Å². The lowest BCUT2D eigenvalue weighted by molar-refractivity contribution is 0.103. The van der Waals surface area contributed by atoms with Crippen molar-refractivity contribution in [1.82, 2.24) is 5.32 Å². The van der Waals surface area contributed by atoms with Crippen molar-refractivity contribution >= 4 is 0 Å². The number of hydrogen-bond acceptors (Lipinski definition) is 3. The van der Waals surface area contributed by atoms with E-state index < -0.39 is 0 Å². The molecule has 3 nitrogen and oxygen atoms in total. The van der Waals surface area contributed by atoms with Crippen molar-refractivity contribution in [3.63, 3.8) is 0 Å². The van der Waals surface area contributed by atoms with Gasteiger partial charge in [0.15, 0.2) is 0 Å². The van der Waals surface area contributed by atoms with Gasteiger partial charge in [-0.1, -0.05) is 12.1 Å². The highest BCUT2D eigenvalue weighted by molar-refractivity contribution is 5.27. The number of ether oxygens (including phenoxy) is 2. The van der Waals surface area contributed by atoms with Crippen LogP contribution in [0.2, 0.25) is 0 Å². The molecule has 0 unspecified atom stereocenters. The summed E-state index contributed by atoms with van der Waals surface area (Å²) in [6.45, 7) is 3.87. The van der Waals surface area contributed by atoms with Gasteiger partial charge in [0.1, 0.15) is 5.75 Å². The van der Waals surface area contributed by atoms with E-state index in [1.54, 1.807) is 7.11 Å². The van der Waals surface area contributed by atoms with Crippen LogP contribution in [-0.4, -0.2) is 26.8 Å². The van der Waals surface area contributed by atoms with Gasteiger partial charge < -0.3 is 14.8 Å². The molecule has 1 N–H and O–H groups in total. The van der Waals surface area contributed by atoms with E-state index in [9.17, 15) is 0 Å². The first kappa shape index (κ1) is 13.4. The largest absolute Gasteiger partial charge is 0.497 e. The number of nitrogens with one attached hydrogen (secondary N) is 1.